The number of anilines is 1. The van der Waals surface area contributed by atoms with E-state index < -0.39 is 11.9 Å². The van der Waals surface area contributed by atoms with Crippen LogP contribution in [0, 0.1) is 0 Å². The van der Waals surface area contributed by atoms with Crippen LogP contribution in [-0.2, 0) is 16.0 Å². The number of ether oxygens (including phenoxy) is 1. The van der Waals surface area contributed by atoms with Crippen LogP contribution in [-0.4, -0.2) is 30.6 Å². The van der Waals surface area contributed by atoms with Crippen LogP contribution in [0.1, 0.15) is 17.0 Å². The molecule has 0 bridgehead atoms. The summed E-state index contributed by atoms with van der Waals surface area (Å²) in [6.45, 7) is 0.169. The quantitative estimate of drug-likeness (QED) is 0.942. The standard InChI is InChI=1S/C18H17NO4/c1-23-16-9-5-2-6-12(16)10-17(20)19-11-14(18(21)22)13-7-3-4-8-15(13)19/h2-9,14H,10-11H2,1H3,(H,21,22)/t14-/m0/s1. The van der Waals surface area contributed by atoms with Gasteiger partial charge in [-0.3, -0.25) is 9.59 Å². The third kappa shape index (κ3) is 2.77. The Morgan fingerprint density at radius 1 is 1.17 bits per heavy atom. The van der Waals surface area contributed by atoms with E-state index in [-0.39, 0.29) is 18.9 Å². The summed E-state index contributed by atoms with van der Waals surface area (Å²) in [5.41, 5.74) is 2.16. The lowest BCUT2D eigenvalue weighted by atomic mass is 10.0. The molecule has 23 heavy (non-hydrogen) atoms. The number of aliphatic carboxylic acids is 1. The molecule has 1 N–H and O–H groups in total. The van der Waals surface area contributed by atoms with Crippen LogP contribution < -0.4 is 9.64 Å². The summed E-state index contributed by atoms with van der Waals surface area (Å²) in [6.07, 6.45) is 0.171. The first kappa shape index (κ1) is 15.1. The van der Waals surface area contributed by atoms with Crippen molar-refractivity contribution in [2.45, 2.75) is 12.3 Å². The highest BCUT2D eigenvalue weighted by Crippen LogP contribution is 2.36. The topological polar surface area (TPSA) is 66.8 Å². The molecular formula is C18H17NO4. The maximum Gasteiger partial charge on any atom is 0.312 e. The molecule has 0 saturated carbocycles. The van der Waals surface area contributed by atoms with Gasteiger partial charge in [0.2, 0.25) is 5.91 Å². The van der Waals surface area contributed by atoms with Gasteiger partial charge in [-0.15, -0.1) is 0 Å². The minimum absolute atomic E-state index is 0.134. The molecule has 0 aliphatic carbocycles. The highest BCUT2D eigenvalue weighted by Gasteiger charge is 2.36. The number of carboxylic acid groups (broad SMARTS) is 1. The van der Waals surface area contributed by atoms with Gasteiger partial charge in [-0.2, -0.15) is 0 Å². The van der Waals surface area contributed by atoms with Crippen molar-refractivity contribution >= 4 is 17.6 Å². The second kappa shape index (κ2) is 6.12. The Morgan fingerprint density at radius 2 is 1.87 bits per heavy atom. The van der Waals surface area contributed by atoms with Crippen molar-refractivity contribution in [3.8, 4) is 5.75 Å². The molecule has 5 nitrogen and oxygen atoms in total. The fraction of sp³-hybridized carbons (Fsp3) is 0.222. The summed E-state index contributed by atoms with van der Waals surface area (Å²) in [6, 6.07) is 14.5. The molecular weight excluding hydrogens is 294 g/mol. The molecule has 1 amide bonds. The Kier molecular flexibility index (Phi) is 4.02. The van der Waals surface area contributed by atoms with Crippen LogP contribution >= 0.6 is 0 Å². The van der Waals surface area contributed by atoms with E-state index in [1.54, 1.807) is 36.3 Å². The monoisotopic (exact) mass is 311 g/mol. The number of fused-ring (bicyclic) bond motifs is 1. The number of para-hydroxylation sites is 2. The van der Waals surface area contributed by atoms with Crippen LogP contribution in [0.15, 0.2) is 48.5 Å². The Labute approximate surface area is 134 Å². The minimum Gasteiger partial charge on any atom is -0.496 e. The van der Waals surface area contributed by atoms with E-state index in [4.69, 9.17) is 4.74 Å². The zero-order chi connectivity index (χ0) is 16.4. The first-order chi connectivity index (χ1) is 11.1. The van der Waals surface area contributed by atoms with Crippen LogP contribution in [0.4, 0.5) is 5.69 Å². The fourth-order valence-electron chi connectivity index (χ4n) is 2.96. The number of amides is 1. The summed E-state index contributed by atoms with van der Waals surface area (Å²) in [7, 11) is 1.56. The average Bonchev–Trinajstić information content (AvgIpc) is 2.95. The Bertz CT molecular complexity index is 756. The normalized spacial score (nSPS) is 16.0. The van der Waals surface area contributed by atoms with Gasteiger partial charge in [0.05, 0.1) is 13.5 Å². The molecule has 1 atom stereocenters. The smallest absolute Gasteiger partial charge is 0.312 e. The van der Waals surface area contributed by atoms with Gasteiger partial charge in [0.25, 0.3) is 0 Å². The summed E-state index contributed by atoms with van der Waals surface area (Å²) in [5.74, 6) is -1.06. The lowest BCUT2D eigenvalue weighted by Crippen LogP contribution is -2.32. The third-order valence-corrected chi connectivity index (χ3v) is 4.10. The molecule has 0 saturated heterocycles. The number of carboxylic acids is 1. The predicted octanol–water partition coefficient (Wildman–Crippen LogP) is 2.45. The van der Waals surface area contributed by atoms with Gasteiger partial charge in [0.15, 0.2) is 0 Å². The van der Waals surface area contributed by atoms with Crippen molar-refractivity contribution in [2.75, 3.05) is 18.6 Å². The largest absolute Gasteiger partial charge is 0.496 e. The molecule has 1 heterocycles. The van der Waals surface area contributed by atoms with Gasteiger partial charge in [-0.05, 0) is 17.7 Å². The van der Waals surface area contributed by atoms with Gasteiger partial charge in [-0.25, -0.2) is 0 Å². The lowest BCUT2D eigenvalue weighted by molar-refractivity contribution is -0.138. The molecule has 0 unspecified atom stereocenters. The average molecular weight is 311 g/mol. The molecule has 0 fully saturated rings. The lowest BCUT2D eigenvalue weighted by Gasteiger charge is -2.18. The molecule has 2 aromatic rings. The molecule has 0 spiro atoms. The zero-order valence-electron chi connectivity index (χ0n) is 12.7. The molecule has 1 aliphatic rings. The van der Waals surface area contributed by atoms with Gasteiger partial charge in [-0.1, -0.05) is 36.4 Å². The number of rotatable bonds is 4. The first-order valence-electron chi connectivity index (χ1n) is 7.36. The summed E-state index contributed by atoms with van der Waals surface area (Å²) in [4.78, 5) is 25.7. The summed E-state index contributed by atoms with van der Waals surface area (Å²) < 4.78 is 5.27. The van der Waals surface area contributed by atoms with Crippen molar-refractivity contribution < 1.29 is 19.4 Å². The van der Waals surface area contributed by atoms with Gasteiger partial charge in [0, 0.05) is 17.8 Å². The van der Waals surface area contributed by atoms with Gasteiger partial charge >= 0.3 is 5.97 Å². The number of nitrogens with zero attached hydrogens (tertiary/aromatic N) is 1. The number of hydrogen-bond acceptors (Lipinski definition) is 3. The van der Waals surface area contributed by atoms with Crippen molar-refractivity contribution in [3.63, 3.8) is 0 Å². The molecule has 1 aliphatic heterocycles. The van der Waals surface area contributed by atoms with E-state index in [0.717, 1.165) is 5.56 Å². The number of carbonyl (C=O) groups excluding carboxylic acids is 1. The highest BCUT2D eigenvalue weighted by atomic mass is 16.5. The molecule has 5 heteroatoms. The van der Waals surface area contributed by atoms with E-state index in [2.05, 4.69) is 0 Å². The van der Waals surface area contributed by atoms with Crippen molar-refractivity contribution in [1.82, 2.24) is 0 Å². The number of carbonyl (C=O) groups is 2. The van der Waals surface area contributed by atoms with E-state index in [9.17, 15) is 14.7 Å². The van der Waals surface area contributed by atoms with E-state index >= 15 is 0 Å². The maximum absolute atomic E-state index is 12.7. The molecule has 0 radical (unpaired) electrons. The van der Waals surface area contributed by atoms with Crippen LogP contribution in [0.3, 0.4) is 0 Å². The second-order valence-corrected chi connectivity index (χ2v) is 5.44. The fourth-order valence-corrected chi connectivity index (χ4v) is 2.96. The highest BCUT2D eigenvalue weighted by molar-refractivity contribution is 6.00. The van der Waals surface area contributed by atoms with Crippen LogP contribution in [0.2, 0.25) is 0 Å². The zero-order valence-corrected chi connectivity index (χ0v) is 12.7. The van der Waals surface area contributed by atoms with E-state index in [1.807, 2.05) is 24.3 Å². The molecule has 118 valence electrons. The van der Waals surface area contributed by atoms with E-state index in [0.29, 0.717) is 17.0 Å². The Morgan fingerprint density at radius 3 is 2.61 bits per heavy atom. The van der Waals surface area contributed by atoms with Crippen molar-refractivity contribution in [3.05, 3.63) is 59.7 Å². The molecule has 3 rings (SSSR count). The Hall–Kier alpha value is -2.82. The Balaban J connectivity index is 1.87. The maximum atomic E-state index is 12.7. The van der Waals surface area contributed by atoms with Crippen LogP contribution in [0.5, 0.6) is 5.75 Å². The van der Waals surface area contributed by atoms with Gasteiger partial charge in [0.1, 0.15) is 11.7 Å². The molecule has 2 aromatic carbocycles. The SMILES string of the molecule is COc1ccccc1CC(=O)N1C[C@H](C(=O)O)c2ccccc21. The minimum atomic E-state index is -0.912. The van der Waals surface area contributed by atoms with E-state index in [1.165, 1.54) is 0 Å². The first-order valence-corrected chi connectivity index (χ1v) is 7.36. The predicted molar refractivity (Wildman–Crippen MR) is 85.9 cm³/mol. The third-order valence-electron chi connectivity index (χ3n) is 4.10. The van der Waals surface area contributed by atoms with Gasteiger partial charge < -0.3 is 14.7 Å². The second-order valence-electron chi connectivity index (χ2n) is 5.44. The molecule has 0 aromatic heterocycles. The van der Waals surface area contributed by atoms with Crippen LogP contribution in [0.25, 0.3) is 0 Å². The van der Waals surface area contributed by atoms with Crippen molar-refractivity contribution in [1.29, 1.82) is 0 Å². The van der Waals surface area contributed by atoms with Crippen molar-refractivity contribution in [2.24, 2.45) is 0 Å². The number of hydrogen-bond donors (Lipinski definition) is 1. The number of benzene rings is 2. The summed E-state index contributed by atoms with van der Waals surface area (Å²) >= 11 is 0. The summed E-state index contributed by atoms with van der Waals surface area (Å²) in [5, 5.41) is 9.37. The number of methoxy groups -OCH3 is 1.